The molecule has 0 spiro atoms. The van der Waals surface area contributed by atoms with E-state index in [-0.39, 0.29) is 30.9 Å². The number of hydrogen-bond donors (Lipinski definition) is 1. The van der Waals surface area contributed by atoms with Crippen molar-refractivity contribution in [3.05, 3.63) is 95.3 Å². The largest absolute Gasteiger partial charge is 0.479 e. The highest BCUT2D eigenvalue weighted by Gasteiger charge is 2.27. The highest BCUT2D eigenvalue weighted by molar-refractivity contribution is 5.81. The molecule has 6 nitrogen and oxygen atoms in total. The van der Waals surface area contributed by atoms with Crippen LogP contribution in [0.5, 0.6) is 5.75 Å². The number of amides is 1. The number of aryl methyl sites for hydroxylation is 1. The van der Waals surface area contributed by atoms with E-state index < -0.39 is 17.7 Å². The molecule has 1 N–H and O–H groups in total. The van der Waals surface area contributed by atoms with Gasteiger partial charge in [-0.3, -0.25) is 14.7 Å². The predicted octanol–water partition coefficient (Wildman–Crippen LogP) is 4.41. The number of hydrogen-bond acceptors (Lipinski definition) is 5. The van der Waals surface area contributed by atoms with E-state index in [0.717, 1.165) is 42.7 Å². The van der Waals surface area contributed by atoms with Gasteiger partial charge in [-0.2, -0.15) is 0 Å². The number of pyridine rings is 1. The summed E-state index contributed by atoms with van der Waals surface area (Å²) in [7, 11) is 0. The minimum absolute atomic E-state index is 0.0651. The number of ether oxygens (including phenoxy) is 2. The lowest BCUT2D eigenvalue weighted by atomic mass is 10.1. The average Bonchev–Trinajstić information content (AvgIpc) is 3.38. The first-order chi connectivity index (χ1) is 17.5. The van der Waals surface area contributed by atoms with E-state index in [4.69, 9.17) is 9.47 Å². The first-order valence-corrected chi connectivity index (χ1v) is 12.1. The fourth-order valence-electron chi connectivity index (χ4n) is 4.27. The Kier molecular flexibility index (Phi) is 8.97. The number of aromatic nitrogens is 1. The van der Waals surface area contributed by atoms with Gasteiger partial charge in [-0.05, 0) is 49.6 Å². The van der Waals surface area contributed by atoms with Gasteiger partial charge in [0, 0.05) is 38.5 Å². The summed E-state index contributed by atoms with van der Waals surface area (Å²) in [6.07, 6.45) is 2.70. The minimum atomic E-state index is -1.03. The van der Waals surface area contributed by atoms with Crippen LogP contribution in [-0.4, -0.2) is 47.7 Å². The summed E-state index contributed by atoms with van der Waals surface area (Å²) in [5, 5.41) is 2.87. The van der Waals surface area contributed by atoms with Crippen molar-refractivity contribution in [2.24, 2.45) is 0 Å². The topological polar surface area (TPSA) is 63.7 Å². The molecule has 2 atom stereocenters. The van der Waals surface area contributed by atoms with Gasteiger partial charge in [0.05, 0.1) is 18.3 Å². The molecule has 0 radical (unpaired) electrons. The maximum atomic E-state index is 13.9. The molecule has 36 heavy (non-hydrogen) atoms. The van der Waals surface area contributed by atoms with Crippen molar-refractivity contribution >= 4 is 5.91 Å². The Bertz CT molecular complexity index is 1140. The van der Waals surface area contributed by atoms with Crippen LogP contribution in [0.1, 0.15) is 29.7 Å². The van der Waals surface area contributed by atoms with Gasteiger partial charge in [-0.15, -0.1) is 0 Å². The van der Waals surface area contributed by atoms with Gasteiger partial charge in [0.15, 0.2) is 17.7 Å². The molecule has 2 unspecified atom stereocenters. The fraction of sp³-hybridized carbons (Fsp3) is 0.357. The molecule has 3 aromatic rings. The maximum Gasteiger partial charge on any atom is 0.262 e. The normalized spacial score (nSPS) is 16.2. The van der Waals surface area contributed by atoms with Gasteiger partial charge in [-0.25, -0.2) is 8.78 Å². The number of nitrogens with one attached hydrogen (secondary N) is 1. The number of nitrogens with zero attached hydrogens (tertiary/aromatic N) is 2. The fourth-order valence-corrected chi connectivity index (χ4v) is 4.27. The third-order valence-corrected chi connectivity index (χ3v) is 6.03. The first-order valence-electron chi connectivity index (χ1n) is 12.1. The van der Waals surface area contributed by atoms with Crippen molar-refractivity contribution in [3.8, 4) is 5.75 Å². The van der Waals surface area contributed by atoms with Crippen LogP contribution >= 0.6 is 0 Å². The lowest BCUT2D eigenvalue weighted by Gasteiger charge is -2.29. The monoisotopic (exact) mass is 495 g/mol. The summed E-state index contributed by atoms with van der Waals surface area (Å²) >= 11 is 0. The third kappa shape index (κ3) is 7.57. The molecular weight excluding hydrogens is 464 g/mol. The van der Waals surface area contributed by atoms with E-state index in [1.54, 1.807) is 12.3 Å². The van der Waals surface area contributed by atoms with Crippen LogP contribution in [0, 0.1) is 18.6 Å². The van der Waals surface area contributed by atoms with Crippen LogP contribution in [0.15, 0.2) is 66.9 Å². The highest BCUT2D eigenvalue weighted by Crippen LogP contribution is 2.20. The Morgan fingerprint density at radius 2 is 2.06 bits per heavy atom. The standard InChI is InChI=1S/C28H31F2N3O3/c1-20-6-4-7-21(14-20)17-33(18-24-9-5-13-35-24)19-27(36-23-10-11-25(29)26(30)15-23)28(34)32-16-22-8-2-3-12-31-22/h2-4,6-8,10-12,14-15,24,27H,5,9,13,16-19H2,1H3,(H,32,34). The summed E-state index contributed by atoms with van der Waals surface area (Å²) in [5.41, 5.74) is 2.95. The molecule has 0 bridgehead atoms. The molecule has 0 aliphatic carbocycles. The number of benzene rings is 2. The van der Waals surface area contributed by atoms with E-state index >= 15 is 0 Å². The molecule has 8 heteroatoms. The van der Waals surface area contributed by atoms with Gasteiger partial charge in [0.25, 0.3) is 5.91 Å². The summed E-state index contributed by atoms with van der Waals surface area (Å²) in [4.78, 5) is 19.6. The van der Waals surface area contributed by atoms with Gasteiger partial charge in [-0.1, -0.05) is 35.9 Å². The third-order valence-electron chi connectivity index (χ3n) is 6.03. The predicted molar refractivity (Wildman–Crippen MR) is 132 cm³/mol. The zero-order valence-electron chi connectivity index (χ0n) is 20.3. The van der Waals surface area contributed by atoms with Crippen LogP contribution in [0.4, 0.5) is 8.78 Å². The molecule has 1 fully saturated rings. The van der Waals surface area contributed by atoms with Crippen LogP contribution in [0.2, 0.25) is 0 Å². The summed E-state index contributed by atoms with van der Waals surface area (Å²) in [5.74, 6) is -2.29. The smallest absolute Gasteiger partial charge is 0.262 e. The zero-order chi connectivity index (χ0) is 25.3. The van der Waals surface area contributed by atoms with Crippen LogP contribution in [0.3, 0.4) is 0 Å². The lowest BCUT2D eigenvalue weighted by molar-refractivity contribution is -0.129. The molecule has 1 saturated heterocycles. The second-order valence-corrected chi connectivity index (χ2v) is 9.04. The van der Waals surface area contributed by atoms with Crippen molar-refractivity contribution in [2.45, 2.75) is 45.1 Å². The van der Waals surface area contributed by atoms with Gasteiger partial charge in [0.2, 0.25) is 0 Å². The van der Waals surface area contributed by atoms with E-state index in [1.807, 2.05) is 37.3 Å². The Morgan fingerprint density at radius 1 is 1.17 bits per heavy atom. The number of carbonyl (C=O) groups excluding carboxylic acids is 1. The summed E-state index contributed by atoms with van der Waals surface area (Å²) in [6.45, 7) is 4.43. The summed E-state index contributed by atoms with van der Waals surface area (Å²) < 4.78 is 39.1. The van der Waals surface area contributed by atoms with Crippen molar-refractivity contribution in [2.75, 3.05) is 19.7 Å². The molecular formula is C28H31F2N3O3. The molecule has 1 aliphatic rings. The van der Waals surface area contributed by atoms with Crippen molar-refractivity contribution in [3.63, 3.8) is 0 Å². The Morgan fingerprint density at radius 3 is 2.78 bits per heavy atom. The quantitative estimate of drug-likeness (QED) is 0.427. The van der Waals surface area contributed by atoms with Crippen LogP contribution in [-0.2, 0) is 22.6 Å². The SMILES string of the molecule is Cc1cccc(CN(CC2CCCO2)CC(Oc2ccc(F)c(F)c2)C(=O)NCc2ccccn2)c1. The molecule has 2 heterocycles. The van der Waals surface area contributed by atoms with Crippen molar-refractivity contribution < 1.29 is 23.0 Å². The van der Waals surface area contributed by atoms with E-state index in [1.165, 1.54) is 6.07 Å². The average molecular weight is 496 g/mol. The molecule has 4 rings (SSSR count). The highest BCUT2D eigenvalue weighted by atomic mass is 19.2. The lowest BCUT2D eigenvalue weighted by Crippen LogP contribution is -2.47. The second-order valence-electron chi connectivity index (χ2n) is 9.04. The second kappa shape index (κ2) is 12.6. The van der Waals surface area contributed by atoms with Gasteiger partial charge >= 0.3 is 0 Å². The summed E-state index contributed by atoms with van der Waals surface area (Å²) in [6, 6.07) is 16.9. The maximum absolute atomic E-state index is 13.9. The molecule has 1 aromatic heterocycles. The Balaban J connectivity index is 1.53. The molecule has 1 aliphatic heterocycles. The minimum Gasteiger partial charge on any atom is -0.479 e. The van der Waals surface area contributed by atoms with Crippen LogP contribution in [0.25, 0.3) is 0 Å². The molecule has 1 amide bonds. The molecule has 0 saturated carbocycles. The molecule has 2 aromatic carbocycles. The molecule has 190 valence electrons. The van der Waals surface area contributed by atoms with E-state index in [9.17, 15) is 13.6 Å². The van der Waals surface area contributed by atoms with Gasteiger partial charge < -0.3 is 14.8 Å². The van der Waals surface area contributed by atoms with Crippen LogP contribution < -0.4 is 10.1 Å². The Hall–Kier alpha value is -3.36. The zero-order valence-corrected chi connectivity index (χ0v) is 20.3. The first kappa shape index (κ1) is 25.7. The van der Waals surface area contributed by atoms with Crippen molar-refractivity contribution in [1.82, 2.24) is 15.2 Å². The number of rotatable bonds is 11. The van der Waals surface area contributed by atoms with E-state index in [2.05, 4.69) is 21.3 Å². The van der Waals surface area contributed by atoms with Crippen molar-refractivity contribution in [1.29, 1.82) is 0 Å². The number of halogens is 2. The Labute approximate surface area is 210 Å². The van der Waals surface area contributed by atoms with Gasteiger partial charge in [0.1, 0.15) is 5.75 Å². The van der Waals surface area contributed by atoms with E-state index in [0.29, 0.717) is 18.8 Å². The number of carbonyl (C=O) groups is 1.